The van der Waals surface area contributed by atoms with Crippen LogP contribution in [0.2, 0.25) is 0 Å². The van der Waals surface area contributed by atoms with E-state index >= 15 is 0 Å². The zero-order valence-corrected chi connectivity index (χ0v) is 40.6. The van der Waals surface area contributed by atoms with Crippen molar-refractivity contribution in [3.63, 3.8) is 0 Å². The highest BCUT2D eigenvalue weighted by Gasteiger charge is 2.36. The van der Waals surface area contributed by atoms with E-state index in [0.717, 1.165) is 17.1 Å². The minimum atomic E-state index is -0.0507. The van der Waals surface area contributed by atoms with Crippen LogP contribution < -0.4 is 4.90 Å². The Hall–Kier alpha value is -8.52. The summed E-state index contributed by atoms with van der Waals surface area (Å²) in [6.45, 7) is 9.41. The third kappa shape index (κ3) is 7.23. The van der Waals surface area contributed by atoms with E-state index in [1.807, 2.05) is 0 Å². The summed E-state index contributed by atoms with van der Waals surface area (Å²) in [5.74, 6) is 0. The summed E-state index contributed by atoms with van der Waals surface area (Å²) in [6, 6.07) is 92.2. The fourth-order valence-electron chi connectivity index (χ4n) is 11.7. The van der Waals surface area contributed by atoms with Crippen molar-refractivity contribution in [2.24, 2.45) is 0 Å². The van der Waals surface area contributed by atoms with Gasteiger partial charge in [0.05, 0.1) is 0 Å². The minimum absolute atomic E-state index is 0.0507. The standard InChI is InChI=1S/C70H53N/c1-69(2)65-18-9-7-16-61(65)63-40-32-56(44-67(63)69)50-28-36-59(37-29-50)71(60-38-30-51(31-39-60)57-33-41-64-62-17-8-10-19-66(62)70(3,4)68(64)45-57)58-34-26-48(27-35-58)47-20-22-49(23-21-47)53-14-11-15-54(42-53)55-25-24-46-12-5-6-13-52(46)43-55/h5-45H,1-4H3. The molecule has 0 heterocycles. The molecular weight excluding hydrogens is 855 g/mol. The SMILES string of the molecule is CC1(C)c2ccccc2-c2ccc(-c3ccc(N(c4ccc(-c5ccc(-c6cccc(-c7ccc8ccccc8c7)c6)cc5)cc4)c4ccc(-c5ccc6c(c5)C(C)(C)c5ccccc5-6)cc4)cc3)cc21. The Bertz CT molecular complexity index is 3680. The predicted octanol–water partition coefficient (Wildman–Crippen LogP) is 19.3. The van der Waals surface area contributed by atoms with Crippen molar-refractivity contribution in [2.45, 2.75) is 38.5 Å². The molecule has 13 rings (SSSR count). The first kappa shape index (κ1) is 42.6. The molecule has 1 nitrogen and oxygen atoms in total. The predicted molar refractivity (Wildman–Crippen MR) is 301 cm³/mol. The lowest BCUT2D eigenvalue weighted by Gasteiger charge is -2.26. The van der Waals surface area contributed by atoms with Gasteiger partial charge in [0.25, 0.3) is 0 Å². The quantitative estimate of drug-likeness (QED) is 0.147. The number of hydrogen-bond acceptors (Lipinski definition) is 1. The van der Waals surface area contributed by atoms with Gasteiger partial charge in [-0.1, -0.05) is 216 Å². The van der Waals surface area contributed by atoms with E-state index in [1.54, 1.807) is 0 Å². The Morgan fingerprint density at radius 3 is 1.03 bits per heavy atom. The van der Waals surface area contributed by atoms with E-state index in [4.69, 9.17) is 0 Å². The number of fused-ring (bicyclic) bond motifs is 7. The lowest BCUT2D eigenvalue weighted by molar-refractivity contribution is 0.660. The van der Waals surface area contributed by atoms with Gasteiger partial charge in [0.15, 0.2) is 0 Å². The number of rotatable bonds is 8. The first-order valence-corrected chi connectivity index (χ1v) is 25.0. The largest absolute Gasteiger partial charge is 0.311 e. The molecule has 0 fully saturated rings. The summed E-state index contributed by atoms with van der Waals surface area (Å²) in [6.07, 6.45) is 0. The van der Waals surface area contributed by atoms with Crippen molar-refractivity contribution in [1.82, 2.24) is 0 Å². The van der Waals surface area contributed by atoms with E-state index in [9.17, 15) is 0 Å². The molecule has 0 saturated carbocycles. The number of anilines is 3. The maximum absolute atomic E-state index is 2.41. The summed E-state index contributed by atoms with van der Waals surface area (Å²) in [4.78, 5) is 2.38. The third-order valence-electron chi connectivity index (χ3n) is 15.7. The average Bonchev–Trinajstić information content (AvgIpc) is 3.80. The highest BCUT2D eigenvalue weighted by Crippen LogP contribution is 2.51. The first-order chi connectivity index (χ1) is 34.7. The second-order valence-electron chi connectivity index (χ2n) is 20.6. The fourth-order valence-corrected chi connectivity index (χ4v) is 11.7. The Balaban J connectivity index is 0.815. The zero-order chi connectivity index (χ0) is 47.8. The van der Waals surface area contributed by atoms with Gasteiger partial charge >= 0.3 is 0 Å². The second-order valence-corrected chi connectivity index (χ2v) is 20.6. The Morgan fingerprint density at radius 1 is 0.225 bits per heavy atom. The van der Waals surface area contributed by atoms with Crippen LogP contribution in [0.1, 0.15) is 49.9 Å². The van der Waals surface area contributed by atoms with Crippen molar-refractivity contribution in [3.8, 4) is 77.9 Å². The van der Waals surface area contributed by atoms with Crippen LogP contribution in [0.3, 0.4) is 0 Å². The van der Waals surface area contributed by atoms with E-state index in [0.29, 0.717) is 0 Å². The van der Waals surface area contributed by atoms with E-state index in [-0.39, 0.29) is 10.8 Å². The summed E-state index contributed by atoms with van der Waals surface area (Å²) < 4.78 is 0. The van der Waals surface area contributed by atoms with Gasteiger partial charge in [-0.25, -0.2) is 0 Å². The Kier molecular flexibility index (Phi) is 9.94. The first-order valence-electron chi connectivity index (χ1n) is 25.0. The molecular formula is C70H53N. The molecule has 1 heteroatoms. The zero-order valence-electron chi connectivity index (χ0n) is 40.6. The monoisotopic (exact) mass is 907 g/mol. The summed E-state index contributed by atoms with van der Waals surface area (Å²) in [5, 5.41) is 2.52. The Labute approximate surface area is 418 Å². The molecule has 0 N–H and O–H groups in total. The molecule has 0 saturated heterocycles. The number of nitrogens with zero attached hydrogens (tertiary/aromatic N) is 1. The van der Waals surface area contributed by atoms with Crippen molar-refractivity contribution in [3.05, 3.63) is 271 Å². The average molecular weight is 908 g/mol. The molecule has 338 valence electrons. The number of benzene rings is 11. The summed E-state index contributed by atoms with van der Waals surface area (Å²) >= 11 is 0. The molecule has 0 aromatic heterocycles. The Morgan fingerprint density at radius 2 is 0.549 bits per heavy atom. The lowest BCUT2D eigenvalue weighted by Crippen LogP contribution is -2.14. The van der Waals surface area contributed by atoms with E-state index in [2.05, 4.69) is 281 Å². The van der Waals surface area contributed by atoms with Crippen LogP contribution in [0, 0.1) is 0 Å². The molecule has 0 radical (unpaired) electrons. The van der Waals surface area contributed by atoms with Gasteiger partial charge in [-0.05, 0) is 172 Å². The van der Waals surface area contributed by atoms with Crippen LogP contribution in [-0.2, 0) is 10.8 Å². The molecule has 0 atom stereocenters. The molecule has 0 unspecified atom stereocenters. The topological polar surface area (TPSA) is 3.24 Å². The van der Waals surface area contributed by atoms with Gasteiger partial charge in [0.2, 0.25) is 0 Å². The van der Waals surface area contributed by atoms with Crippen LogP contribution in [0.25, 0.3) is 88.7 Å². The molecule has 11 aromatic carbocycles. The van der Waals surface area contributed by atoms with Crippen LogP contribution in [0.5, 0.6) is 0 Å². The highest BCUT2D eigenvalue weighted by atomic mass is 15.1. The molecule has 0 aliphatic heterocycles. The van der Waals surface area contributed by atoms with Gasteiger partial charge in [-0.3, -0.25) is 0 Å². The molecule has 0 amide bonds. The van der Waals surface area contributed by atoms with Crippen LogP contribution in [-0.4, -0.2) is 0 Å². The van der Waals surface area contributed by atoms with Gasteiger partial charge in [-0.15, -0.1) is 0 Å². The van der Waals surface area contributed by atoms with Crippen LogP contribution in [0.15, 0.2) is 249 Å². The molecule has 0 bridgehead atoms. The molecule has 0 spiro atoms. The van der Waals surface area contributed by atoms with E-state index < -0.39 is 0 Å². The molecule has 2 aliphatic carbocycles. The molecule has 2 aliphatic rings. The highest BCUT2D eigenvalue weighted by molar-refractivity contribution is 5.89. The normalized spacial score (nSPS) is 13.6. The minimum Gasteiger partial charge on any atom is -0.311 e. The fraction of sp³-hybridized carbons (Fsp3) is 0.0857. The van der Waals surface area contributed by atoms with Crippen LogP contribution in [0.4, 0.5) is 17.1 Å². The van der Waals surface area contributed by atoms with Gasteiger partial charge in [-0.2, -0.15) is 0 Å². The maximum atomic E-state index is 2.41. The second kappa shape index (κ2) is 16.6. The molecule has 11 aromatic rings. The van der Waals surface area contributed by atoms with Gasteiger partial charge in [0.1, 0.15) is 0 Å². The van der Waals surface area contributed by atoms with Crippen molar-refractivity contribution in [2.75, 3.05) is 4.90 Å². The van der Waals surface area contributed by atoms with Crippen molar-refractivity contribution >= 4 is 27.8 Å². The number of hydrogen-bond donors (Lipinski definition) is 0. The molecule has 71 heavy (non-hydrogen) atoms. The smallest absolute Gasteiger partial charge is 0.0462 e. The van der Waals surface area contributed by atoms with Crippen molar-refractivity contribution in [1.29, 1.82) is 0 Å². The van der Waals surface area contributed by atoms with E-state index in [1.165, 1.54) is 111 Å². The summed E-state index contributed by atoms with van der Waals surface area (Å²) in [5.41, 5.74) is 26.3. The third-order valence-corrected chi connectivity index (χ3v) is 15.7. The summed E-state index contributed by atoms with van der Waals surface area (Å²) in [7, 11) is 0. The lowest BCUT2D eigenvalue weighted by atomic mass is 9.81. The maximum Gasteiger partial charge on any atom is 0.0462 e. The van der Waals surface area contributed by atoms with Gasteiger partial charge in [0, 0.05) is 27.9 Å². The van der Waals surface area contributed by atoms with Crippen molar-refractivity contribution < 1.29 is 0 Å². The van der Waals surface area contributed by atoms with Crippen LogP contribution >= 0.6 is 0 Å². The van der Waals surface area contributed by atoms with Gasteiger partial charge < -0.3 is 4.90 Å².